The molecule has 0 spiro atoms. The molecule has 0 fully saturated rings. The molecule has 0 aliphatic heterocycles. The van der Waals surface area contributed by atoms with E-state index >= 15 is 0 Å². The van der Waals surface area contributed by atoms with E-state index in [0.29, 0.717) is 6.42 Å². The highest BCUT2D eigenvalue weighted by atomic mass is 79.9. The molecule has 1 aromatic rings. The lowest BCUT2D eigenvalue weighted by molar-refractivity contribution is -0.117. The molecule has 1 unspecified atom stereocenters. The Hall–Kier alpha value is -1.13. The molecular formula is C15H20BrNO2. The molecule has 0 bridgehead atoms. The van der Waals surface area contributed by atoms with E-state index in [4.69, 9.17) is 5.11 Å². The summed E-state index contributed by atoms with van der Waals surface area (Å²) in [6, 6.07) is 6.01. The topological polar surface area (TPSA) is 49.3 Å². The van der Waals surface area contributed by atoms with Crippen LogP contribution in [0.25, 0.3) is 6.08 Å². The average Bonchev–Trinajstić information content (AvgIpc) is 2.37. The van der Waals surface area contributed by atoms with Crippen molar-refractivity contribution in [2.45, 2.75) is 32.7 Å². The van der Waals surface area contributed by atoms with Crippen LogP contribution in [0.15, 0.2) is 28.7 Å². The summed E-state index contributed by atoms with van der Waals surface area (Å²) < 4.78 is 0.971. The lowest BCUT2D eigenvalue weighted by atomic mass is 10.1. The third-order valence-electron chi connectivity index (χ3n) is 2.89. The van der Waals surface area contributed by atoms with Gasteiger partial charge in [0.15, 0.2) is 0 Å². The van der Waals surface area contributed by atoms with E-state index < -0.39 is 0 Å². The number of benzene rings is 1. The predicted molar refractivity (Wildman–Crippen MR) is 81.8 cm³/mol. The Balaban J connectivity index is 2.62. The fraction of sp³-hybridized carbons (Fsp3) is 0.400. The zero-order chi connectivity index (χ0) is 14.3. The minimum absolute atomic E-state index is 0.0311. The van der Waals surface area contributed by atoms with Crippen LogP contribution in [-0.2, 0) is 4.79 Å². The Bertz CT molecular complexity index is 457. The van der Waals surface area contributed by atoms with Crippen molar-refractivity contribution in [3.8, 4) is 0 Å². The third kappa shape index (κ3) is 5.57. The molecule has 1 rings (SSSR count). The van der Waals surface area contributed by atoms with Crippen LogP contribution in [-0.4, -0.2) is 23.7 Å². The summed E-state index contributed by atoms with van der Waals surface area (Å²) in [5, 5.41) is 11.7. The second kappa shape index (κ2) is 8.12. The number of aliphatic hydroxyl groups is 1. The van der Waals surface area contributed by atoms with Gasteiger partial charge in [-0.05, 0) is 43.0 Å². The van der Waals surface area contributed by atoms with Gasteiger partial charge in [-0.2, -0.15) is 0 Å². The minimum Gasteiger partial charge on any atom is -0.396 e. The van der Waals surface area contributed by atoms with Crippen LogP contribution in [0.1, 0.15) is 30.9 Å². The first-order valence-corrected chi connectivity index (χ1v) is 7.21. The molecule has 1 atom stereocenters. The predicted octanol–water partition coefficient (Wildman–Crippen LogP) is 3.05. The van der Waals surface area contributed by atoms with E-state index in [1.165, 1.54) is 11.6 Å². The monoisotopic (exact) mass is 325 g/mol. The molecule has 19 heavy (non-hydrogen) atoms. The van der Waals surface area contributed by atoms with Crippen molar-refractivity contribution in [2.24, 2.45) is 0 Å². The van der Waals surface area contributed by atoms with Gasteiger partial charge in [0.2, 0.25) is 5.91 Å². The van der Waals surface area contributed by atoms with Gasteiger partial charge in [-0.3, -0.25) is 4.79 Å². The number of aryl methyl sites for hydroxylation is 1. The third-order valence-corrected chi connectivity index (χ3v) is 3.57. The lowest BCUT2D eigenvalue weighted by Gasteiger charge is -2.13. The first-order valence-electron chi connectivity index (χ1n) is 6.42. The smallest absolute Gasteiger partial charge is 0.244 e. The van der Waals surface area contributed by atoms with Gasteiger partial charge in [-0.25, -0.2) is 0 Å². The lowest BCUT2D eigenvalue weighted by Crippen LogP contribution is -2.33. The maximum absolute atomic E-state index is 11.7. The Morgan fingerprint density at radius 2 is 2.26 bits per heavy atom. The highest BCUT2D eigenvalue weighted by Gasteiger charge is 2.07. The normalized spacial score (nSPS) is 12.6. The van der Waals surface area contributed by atoms with Gasteiger partial charge >= 0.3 is 0 Å². The number of hydrogen-bond donors (Lipinski definition) is 2. The van der Waals surface area contributed by atoms with Crippen molar-refractivity contribution >= 4 is 27.9 Å². The number of hydrogen-bond acceptors (Lipinski definition) is 2. The van der Waals surface area contributed by atoms with Crippen LogP contribution in [0.3, 0.4) is 0 Å². The highest BCUT2D eigenvalue weighted by Crippen LogP contribution is 2.19. The minimum atomic E-state index is -0.132. The van der Waals surface area contributed by atoms with E-state index in [9.17, 15) is 4.79 Å². The van der Waals surface area contributed by atoms with Crippen LogP contribution in [0, 0.1) is 6.92 Å². The second-order valence-corrected chi connectivity index (χ2v) is 5.34. The van der Waals surface area contributed by atoms with Crippen molar-refractivity contribution < 1.29 is 9.90 Å². The maximum atomic E-state index is 11.7. The number of carbonyl (C=O) groups is 1. The van der Waals surface area contributed by atoms with Gasteiger partial charge in [0.1, 0.15) is 0 Å². The summed E-state index contributed by atoms with van der Waals surface area (Å²) in [7, 11) is 0. The van der Waals surface area contributed by atoms with Crippen LogP contribution in [0.2, 0.25) is 0 Å². The molecule has 0 aliphatic rings. The van der Waals surface area contributed by atoms with E-state index in [-0.39, 0.29) is 18.6 Å². The zero-order valence-corrected chi connectivity index (χ0v) is 12.9. The fourth-order valence-electron chi connectivity index (χ4n) is 1.72. The quantitative estimate of drug-likeness (QED) is 0.790. The van der Waals surface area contributed by atoms with Crippen molar-refractivity contribution in [3.05, 3.63) is 39.9 Å². The van der Waals surface area contributed by atoms with Crippen molar-refractivity contribution in [3.63, 3.8) is 0 Å². The van der Waals surface area contributed by atoms with E-state index in [1.807, 2.05) is 32.0 Å². The molecule has 0 radical (unpaired) electrons. The van der Waals surface area contributed by atoms with E-state index in [2.05, 4.69) is 21.2 Å². The number of nitrogens with one attached hydrogen (secondary N) is 1. The van der Waals surface area contributed by atoms with Crippen molar-refractivity contribution in [2.75, 3.05) is 6.61 Å². The molecule has 2 N–H and O–H groups in total. The summed E-state index contributed by atoms with van der Waals surface area (Å²) in [5.74, 6) is -0.132. The molecule has 1 amide bonds. The zero-order valence-electron chi connectivity index (χ0n) is 11.3. The number of carbonyl (C=O) groups excluding carboxylic acids is 1. The Labute approximate surface area is 122 Å². The van der Waals surface area contributed by atoms with Crippen LogP contribution in [0.5, 0.6) is 0 Å². The van der Waals surface area contributed by atoms with E-state index in [1.54, 1.807) is 6.08 Å². The molecule has 1 aromatic carbocycles. The van der Waals surface area contributed by atoms with Gasteiger partial charge in [-0.1, -0.05) is 35.0 Å². The molecule has 4 heteroatoms. The molecule has 3 nitrogen and oxygen atoms in total. The van der Waals surface area contributed by atoms with Crippen molar-refractivity contribution in [1.82, 2.24) is 5.32 Å². The number of halogens is 1. The average molecular weight is 326 g/mol. The number of rotatable bonds is 6. The van der Waals surface area contributed by atoms with Gasteiger partial charge in [0.25, 0.3) is 0 Å². The largest absolute Gasteiger partial charge is 0.396 e. The molecule has 0 saturated carbocycles. The van der Waals surface area contributed by atoms with E-state index in [0.717, 1.165) is 16.5 Å². The van der Waals surface area contributed by atoms with Gasteiger partial charge in [0.05, 0.1) is 0 Å². The van der Waals surface area contributed by atoms with Gasteiger partial charge in [0, 0.05) is 23.2 Å². The summed E-state index contributed by atoms with van der Waals surface area (Å²) in [6.45, 7) is 4.10. The summed E-state index contributed by atoms with van der Waals surface area (Å²) in [4.78, 5) is 11.7. The molecule has 0 aromatic heterocycles. The first-order chi connectivity index (χ1) is 9.06. The Morgan fingerprint density at radius 1 is 1.53 bits per heavy atom. The fourth-order valence-corrected chi connectivity index (χ4v) is 2.34. The Kier molecular flexibility index (Phi) is 6.81. The molecule has 0 saturated heterocycles. The van der Waals surface area contributed by atoms with Crippen LogP contribution in [0.4, 0.5) is 0 Å². The van der Waals surface area contributed by atoms with Crippen molar-refractivity contribution in [1.29, 1.82) is 0 Å². The molecule has 104 valence electrons. The summed E-state index contributed by atoms with van der Waals surface area (Å²) in [6.07, 6.45) is 4.71. The first kappa shape index (κ1) is 15.9. The summed E-state index contributed by atoms with van der Waals surface area (Å²) in [5.41, 5.74) is 2.14. The Morgan fingerprint density at radius 3 is 2.84 bits per heavy atom. The van der Waals surface area contributed by atoms with Gasteiger partial charge in [-0.15, -0.1) is 0 Å². The number of aliphatic hydroxyl groups excluding tert-OH is 1. The standard InChI is InChI=1S/C15H20BrNO2/c1-3-13(8-9-18)17-15(19)7-6-12-5-4-11(2)10-14(12)16/h4-7,10,13,18H,3,8-9H2,1-2H3,(H,17,19)/b7-6+. The SMILES string of the molecule is CCC(CCO)NC(=O)/C=C/c1ccc(C)cc1Br. The van der Waals surface area contributed by atoms with Crippen LogP contribution < -0.4 is 5.32 Å². The molecule has 0 heterocycles. The highest BCUT2D eigenvalue weighted by molar-refractivity contribution is 9.10. The molecular weight excluding hydrogens is 306 g/mol. The maximum Gasteiger partial charge on any atom is 0.244 e. The summed E-state index contributed by atoms with van der Waals surface area (Å²) >= 11 is 3.47. The number of amides is 1. The van der Waals surface area contributed by atoms with Gasteiger partial charge < -0.3 is 10.4 Å². The van der Waals surface area contributed by atoms with Crippen LogP contribution >= 0.6 is 15.9 Å². The molecule has 0 aliphatic carbocycles. The second-order valence-electron chi connectivity index (χ2n) is 4.48.